The fourth-order valence-corrected chi connectivity index (χ4v) is 9.84. The molecule has 0 fully saturated rings. The van der Waals surface area contributed by atoms with E-state index in [0.717, 1.165) is 50.0 Å². The second-order valence-electron chi connectivity index (χ2n) is 15.0. The minimum Gasteiger partial charge on any atom is -0.246 e. The molecule has 3 heterocycles. The Kier molecular flexibility index (Phi) is 7.68. The fraction of sp³-hybridized carbons (Fsp3) is 0. The summed E-state index contributed by atoms with van der Waals surface area (Å²) in [5.41, 5.74) is 8.18. The number of hydrogen-bond donors (Lipinski definition) is 0. The highest BCUT2D eigenvalue weighted by molar-refractivity contribution is 7.26. The lowest BCUT2D eigenvalue weighted by molar-refractivity contribution is 1.07. The molecule has 0 atom stereocenters. The van der Waals surface area contributed by atoms with Gasteiger partial charge in [0.15, 0.2) is 17.5 Å². The van der Waals surface area contributed by atoms with Gasteiger partial charge in [0.2, 0.25) is 0 Å². The summed E-state index contributed by atoms with van der Waals surface area (Å²) < 4.78 is 2.49. The number of thiophene rings is 1. The number of pyridine rings is 1. The van der Waals surface area contributed by atoms with Gasteiger partial charge in [0, 0.05) is 43.1 Å². The van der Waals surface area contributed by atoms with Crippen molar-refractivity contribution in [2.45, 2.75) is 0 Å². The third kappa shape index (κ3) is 5.58. The molecular formula is C54H32N4S. The van der Waals surface area contributed by atoms with Crippen LogP contribution < -0.4 is 0 Å². The number of aromatic nitrogens is 4. The molecule has 5 heteroatoms. The van der Waals surface area contributed by atoms with Gasteiger partial charge in [-0.15, -0.1) is 11.3 Å². The molecule has 0 N–H and O–H groups in total. The molecule has 0 saturated carbocycles. The summed E-state index contributed by atoms with van der Waals surface area (Å²) in [6.07, 6.45) is 0. The van der Waals surface area contributed by atoms with E-state index in [1.807, 2.05) is 29.5 Å². The monoisotopic (exact) mass is 768 g/mol. The van der Waals surface area contributed by atoms with Gasteiger partial charge in [0.25, 0.3) is 0 Å². The molecule has 0 aliphatic heterocycles. The molecule has 4 nitrogen and oxygen atoms in total. The zero-order chi connectivity index (χ0) is 38.9. The standard InChI is InChI=1S/C54H32N4S/c1-2-13-34(14-3-1)52-56-53(58-54(57-52)38-29-30-43-41-19-5-4-17-39(41)40-18-6-7-20-42(40)47(43)32-38)35-27-25-33(26-28-35)36-15-12-16-37(31-36)49-44-21-8-9-22-45(44)51-50(55-49)46-23-10-11-24-48(46)59-51/h1-32H. The van der Waals surface area contributed by atoms with Crippen molar-refractivity contribution in [1.29, 1.82) is 0 Å². The van der Waals surface area contributed by atoms with Crippen LogP contribution in [0.2, 0.25) is 0 Å². The molecule has 9 aromatic carbocycles. The Balaban J connectivity index is 0.957. The third-order valence-electron chi connectivity index (χ3n) is 11.5. The van der Waals surface area contributed by atoms with Gasteiger partial charge >= 0.3 is 0 Å². The maximum Gasteiger partial charge on any atom is 0.164 e. The summed E-state index contributed by atoms with van der Waals surface area (Å²) in [5.74, 6) is 1.91. The number of benzene rings is 9. The zero-order valence-electron chi connectivity index (χ0n) is 31.7. The van der Waals surface area contributed by atoms with Crippen molar-refractivity contribution in [3.8, 4) is 56.5 Å². The van der Waals surface area contributed by atoms with Crippen molar-refractivity contribution in [1.82, 2.24) is 19.9 Å². The Morgan fingerprint density at radius 2 is 0.746 bits per heavy atom. The molecule has 0 amide bonds. The summed E-state index contributed by atoms with van der Waals surface area (Å²) in [6, 6.07) is 68.6. The van der Waals surface area contributed by atoms with Gasteiger partial charge in [0.1, 0.15) is 0 Å². The van der Waals surface area contributed by atoms with E-state index in [1.54, 1.807) is 0 Å². The Morgan fingerprint density at radius 1 is 0.271 bits per heavy atom. The van der Waals surface area contributed by atoms with Gasteiger partial charge < -0.3 is 0 Å². The van der Waals surface area contributed by atoms with Crippen LogP contribution in [-0.4, -0.2) is 19.9 Å². The predicted octanol–water partition coefficient (Wildman–Crippen LogP) is 14.6. The third-order valence-corrected chi connectivity index (χ3v) is 12.7. The number of nitrogens with zero attached hydrogens (tertiary/aromatic N) is 4. The average Bonchev–Trinajstić information content (AvgIpc) is 3.70. The van der Waals surface area contributed by atoms with Gasteiger partial charge in [-0.3, -0.25) is 0 Å². The summed E-state index contributed by atoms with van der Waals surface area (Å²) in [6.45, 7) is 0. The van der Waals surface area contributed by atoms with Crippen molar-refractivity contribution >= 4 is 74.7 Å². The number of rotatable bonds is 5. The van der Waals surface area contributed by atoms with E-state index >= 15 is 0 Å². The normalized spacial score (nSPS) is 11.7. The fourth-order valence-electron chi connectivity index (χ4n) is 8.66. The smallest absolute Gasteiger partial charge is 0.164 e. The van der Waals surface area contributed by atoms with E-state index in [9.17, 15) is 0 Å². The van der Waals surface area contributed by atoms with Gasteiger partial charge in [-0.25, -0.2) is 19.9 Å². The second kappa shape index (κ2) is 13.5. The lowest BCUT2D eigenvalue weighted by atomic mass is 9.93. The molecule has 0 aliphatic rings. The molecule has 0 unspecified atom stereocenters. The molecule has 0 aliphatic carbocycles. The maximum atomic E-state index is 5.35. The highest BCUT2D eigenvalue weighted by Crippen LogP contribution is 2.42. The Bertz CT molecular complexity index is 3580. The van der Waals surface area contributed by atoms with E-state index in [0.29, 0.717) is 17.5 Å². The molecule has 0 radical (unpaired) electrons. The van der Waals surface area contributed by atoms with Crippen LogP contribution in [0.15, 0.2) is 194 Å². The highest BCUT2D eigenvalue weighted by atomic mass is 32.1. The molecule has 12 rings (SSSR count). The first-order valence-electron chi connectivity index (χ1n) is 19.8. The largest absolute Gasteiger partial charge is 0.246 e. The first kappa shape index (κ1) is 33.5. The average molecular weight is 769 g/mol. The van der Waals surface area contributed by atoms with Crippen molar-refractivity contribution in [2.24, 2.45) is 0 Å². The van der Waals surface area contributed by atoms with Gasteiger partial charge in [-0.1, -0.05) is 176 Å². The first-order valence-corrected chi connectivity index (χ1v) is 20.6. The second-order valence-corrected chi connectivity index (χ2v) is 16.0. The molecule has 12 aromatic rings. The topological polar surface area (TPSA) is 51.6 Å². The number of fused-ring (bicyclic) bond motifs is 11. The predicted molar refractivity (Wildman–Crippen MR) is 248 cm³/mol. The van der Waals surface area contributed by atoms with E-state index < -0.39 is 0 Å². The molecule has 0 saturated heterocycles. The van der Waals surface area contributed by atoms with E-state index in [1.165, 1.54) is 52.5 Å². The summed E-state index contributed by atoms with van der Waals surface area (Å²) >= 11 is 1.82. The highest BCUT2D eigenvalue weighted by Gasteiger charge is 2.17. The van der Waals surface area contributed by atoms with Crippen LogP contribution >= 0.6 is 11.3 Å². The van der Waals surface area contributed by atoms with Gasteiger partial charge in [0.05, 0.1) is 15.9 Å². The van der Waals surface area contributed by atoms with Crippen LogP contribution in [0.1, 0.15) is 0 Å². The minimum atomic E-state index is 0.629. The zero-order valence-corrected chi connectivity index (χ0v) is 32.5. The van der Waals surface area contributed by atoms with Crippen molar-refractivity contribution < 1.29 is 0 Å². The van der Waals surface area contributed by atoms with E-state index in [2.05, 4.69) is 176 Å². The molecule has 3 aromatic heterocycles. The van der Waals surface area contributed by atoms with Gasteiger partial charge in [-0.05, 0) is 61.6 Å². The quantitative estimate of drug-likeness (QED) is 0.164. The van der Waals surface area contributed by atoms with E-state index in [-0.39, 0.29) is 0 Å². The molecule has 274 valence electrons. The molecular weight excluding hydrogens is 737 g/mol. The minimum absolute atomic E-state index is 0.629. The van der Waals surface area contributed by atoms with E-state index in [4.69, 9.17) is 19.9 Å². The Morgan fingerprint density at radius 3 is 1.44 bits per heavy atom. The summed E-state index contributed by atoms with van der Waals surface area (Å²) in [5, 5.41) is 10.9. The SMILES string of the molecule is c1ccc(-c2nc(-c3ccc(-c4cccc(-c5nc6c7ccccc7sc6c6ccccc56)c4)cc3)nc(-c3ccc4c5ccccc5c5ccccc5c4c3)n2)cc1. The Hall–Kier alpha value is -7.60. The Labute approximate surface area is 343 Å². The maximum absolute atomic E-state index is 5.35. The lowest BCUT2D eigenvalue weighted by Gasteiger charge is -2.13. The lowest BCUT2D eigenvalue weighted by Crippen LogP contribution is -2.00. The first-order chi connectivity index (χ1) is 29.2. The van der Waals surface area contributed by atoms with Gasteiger partial charge in [-0.2, -0.15) is 0 Å². The molecule has 59 heavy (non-hydrogen) atoms. The van der Waals surface area contributed by atoms with Crippen LogP contribution in [0, 0.1) is 0 Å². The van der Waals surface area contributed by atoms with Crippen LogP contribution in [0.4, 0.5) is 0 Å². The summed E-state index contributed by atoms with van der Waals surface area (Å²) in [4.78, 5) is 20.6. The van der Waals surface area contributed by atoms with Crippen LogP contribution in [0.5, 0.6) is 0 Å². The molecule has 0 spiro atoms. The van der Waals surface area contributed by atoms with Crippen molar-refractivity contribution in [3.63, 3.8) is 0 Å². The van der Waals surface area contributed by atoms with Crippen molar-refractivity contribution in [3.05, 3.63) is 194 Å². The number of hydrogen-bond acceptors (Lipinski definition) is 5. The summed E-state index contributed by atoms with van der Waals surface area (Å²) in [7, 11) is 0. The molecule has 0 bridgehead atoms. The van der Waals surface area contributed by atoms with Crippen LogP contribution in [0.25, 0.3) is 120 Å². The van der Waals surface area contributed by atoms with Crippen molar-refractivity contribution in [2.75, 3.05) is 0 Å². The van der Waals surface area contributed by atoms with Crippen LogP contribution in [-0.2, 0) is 0 Å². The van der Waals surface area contributed by atoms with Crippen LogP contribution in [0.3, 0.4) is 0 Å².